The largest absolute Gasteiger partial charge is 0.507 e. The van der Waals surface area contributed by atoms with Gasteiger partial charge in [-0.1, -0.05) is 29.8 Å². The van der Waals surface area contributed by atoms with Crippen molar-refractivity contribution in [1.82, 2.24) is 20.2 Å². The van der Waals surface area contributed by atoms with Gasteiger partial charge in [0.2, 0.25) is 15.6 Å². The molecule has 0 amide bonds. The van der Waals surface area contributed by atoms with E-state index in [0.29, 0.717) is 15.9 Å². The van der Waals surface area contributed by atoms with Crippen LogP contribution in [0.2, 0.25) is 5.02 Å². The van der Waals surface area contributed by atoms with Crippen molar-refractivity contribution in [1.29, 1.82) is 0 Å². The Morgan fingerprint density at radius 2 is 1.90 bits per heavy atom. The third kappa shape index (κ3) is 3.41. The van der Waals surface area contributed by atoms with Crippen LogP contribution >= 0.6 is 11.6 Å². The minimum Gasteiger partial charge on any atom is -0.507 e. The third-order valence-electron chi connectivity index (χ3n) is 4.22. The van der Waals surface area contributed by atoms with Crippen molar-refractivity contribution >= 4 is 43.9 Å². The monoisotopic (exact) mass is 428 g/mol. The maximum atomic E-state index is 13.2. The van der Waals surface area contributed by atoms with Crippen molar-refractivity contribution in [2.75, 3.05) is 0 Å². The number of sulfone groups is 1. The van der Waals surface area contributed by atoms with Crippen LogP contribution in [0.4, 0.5) is 0 Å². The van der Waals surface area contributed by atoms with E-state index >= 15 is 0 Å². The maximum absolute atomic E-state index is 13.2. The SMILES string of the molecule is O=C(/C=C(\O)c1c(S(=O)(=O)c2ccccc2)[nH]c2ccc(Cl)cc12)c1ncn[nH]1. The molecule has 2 aromatic heterocycles. The van der Waals surface area contributed by atoms with Crippen molar-refractivity contribution in [3.63, 3.8) is 0 Å². The van der Waals surface area contributed by atoms with Crippen molar-refractivity contribution in [3.8, 4) is 0 Å². The topological polar surface area (TPSA) is 129 Å². The van der Waals surface area contributed by atoms with Gasteiger partial charge < -0.3 is 10.1 Å². The van der Waals surface area contributed by atoms with E-state index in [0.717, 1.165) is 12.4 Å². The van der Waals surface area contributed by atoms with Gasteiger partial charge in [-0.25, -0.2) is 13.4 Å². The Morgan fingerprint density at radius 1 is 1.14 bits per heavy atom. The van der Waals surface area contributed by atoms with E-state index in [1.165, 1.54) is 18.2 Å². The Hall–Kier alpha value is -3.43. The summed E-state index contributed by atoms with van der Waals surface area (Å²) >= 11 is 6.07. The van der Waals surface area contributed by atoms with Gasteiger partial charge in [0, 0.05) is 22.0 Å². The van der Waals surface area contributed by atoms with Gasteiger partial charge >= 0.3 is 0 Å². The number of aromatic nitrogens is 4. The smallest absolute Gasteiger partial charge is 0.226 e. The van der Waals surface area contributed by atoms with Gasteiger partial charge in [0.05, 0.1) is 10.5 Å². The summed E-state index contributed by atoms with van der Waals surface area (Å²) in [5.74, 6) is -1.31. The van der Waals surface area contributed by atoms with Gasteiger partial charge in [0.15, 0.2) is 5.82 Å². The fraction of sp³-hybridized carbons (Fsp3) is 0. The summed E-state index contributed by atoms with van der Waals surface area (Å²) in [6, 6.07) is 12.5. The number of carbonyl (C=O) groups excluding carboxylic acids is 1. The van der Waals surface area contributed by atoms with Crippen molar-refractivity contribution in [2.45, 2.75) is 9.92 Å². The molecule has 3 N–H and O–H groups in total. The first kappa shape index (κ1) is 18.9. The average Bonchev–Trinajstić information content (AvgIpc) is 3.36. The predicted octanol–water partition coefficient (Wildman–Crippen LogP) is 3.55. The van der Waals surface area contributed by atoms with Gasteiger partial charge in [-0.3, -0.25) is 9.89 Å². The number of H-pyrrole nitrogens is 2. The molecule has 0 aliphatic heterocycles. The predicted molar refractivity (Wildman–Crippen MR) is 107 cm³/mol. The lowest BCUT2D eigenvalue weighted by Crippen LogP contribution is -2.06. The first-order valence-corrected chi connectivity index (χ1v) is 10.2. The summed E-state index contributed by atoms with van der Waals surface area (Å²) in [6.45, 7) is 0. The highest BCUT2D eigenvalue weighted by Crippen LogP contribution is 2.35. The summed E-state index contributed by atoms with van der Waals surface area (Å²) in [4.78, 5) is 18.9. The van der Waals surface area contributed by atoms with Gasteiger partial charge in [-0.15, -0.1) is 0 Å². The van der Waals surface area contributed by atoms with E-state index in [4.69, 9.17) is 11.6 Å². The minimum absolute atomic E-state index is 0.0354. The molecule has 0 aliphatic rings. The summed E-state index contributed by atoms with van der Waals surface area (Å²) in [6.07, 6.45) is 2.03. The van der Waals surface area contributed by atoms with E-state index in [-0.39, 0.29) is 21.3 Å². The molecule has 4 aromatic rings. The average molecular weight is 429 g/mol. The number of carbonyl (C=O) groups is 1. The van der Waals surface area contributed by atoms with E-state index in [1.54, 1.807) is 30.3 Å². The maximum Gasteiger partial charge on any atom is 0.226 e. The molecule has 2 heterocycles. The molecule has 146 valence electrons. The second-order valence-corrected chi connectivity index (χ2v) is 8.39. The van der Waals surface area contributed by atoms with Crippen molar-refractivity contribution in [3.05, 3.63) is 77.3 Å². The standard InChI is InChI=1S/C19H13ClN4O4S/c20-11-6-7-14-13(8-11)17(15(25)9-16(26)18-21-10-22-24-18)19(23-14)29(27,28)12-4-2-1-3-5-12/h1-10,23,25H,(H,21,22,24)/b15-9-. The molecule has 0 unspecified atom stereocenters. The molecule has 0 fully saturated rings. The van der Waals surface area contributed by atoms with Gasteiger partial charge in [0.25, 0.3) is 0 Å². The van der Waals surface area contributed by atoms with Crippen LogP contribution in [0.25, 0.3) is 16.7 Å². The number of hydrogen-bond acceptors (Lipinski definition) is 6. The van der Waals surface area contributed by atoms with Gasteiger partial charge in [-0.2, -0.15) is 5.10 Å². The van der Waals surface area contributed by atoms with Crippen LogP contribution in [-0.2, 0) is 9.84 Å². The Labute approximate surface area is 169 Å². The van der Waals surface area contributed by atoms with Crippen molar-refractivity contribution < 1.29 is 18.3 Å². The van der Waals surface area contributed by atoms with Crippen LogP contribution in [-0.4, -0.2) is 39.5 Å². The molecule has 0 radical (unpaired) electrons. The highest BCUT2D eigenvalue weighted by atomic mass is 35.5. The quantitative estimate of drug-likeness (QED) is 0.253. The van der Waals surface area contributed by atoms with E-state index in [9.17, 15) is 18.3 Å². The lowest BCUT2D eigenvalue weighted by Gasteiger charge is -2.06. The number of fused-ring (bicyclic) bond motifs is 1. The Kier molecular flexibility index (Phi) is 4.69. The number of benzene rings is 2. The number of ketones is 1. The molecule has 0 aliphatic carbocycles. The van der Waals surface area contributed by atoms with Crippen LogP contribution < -0.4 is 0 Å². The molecule has 0 saturated heterocycles. The Bertz CT molecular complexity index is 1340. The number of hydrogen-bond donors (Lipinski definition) is 3. The lowest BCUT2D eigenvalue weighted by atomic mass is 10.1. The highest BCUT2D eigenvalue weighted by Gasteiger charge is 2.28. The van der Waals surface area contributed by atoms with Crippen LogP contribution in [0.5, 0.6) is 0 Å². The number of nitrogens with zero attached hydrogens (tertiary/aromatic N) is 2. The zero-order chi connectivity index (χ0) is 20.6. The highest BCUT2D eigenvalue weighted by molar-refractivity contribution is 7.91. The second kappa shape index (κ2) is 7.19. The van der Waals surface area contributed by atoms with E-state index in [2.05, 4.69) is 20.2 Å². The molecular formula is C19H13ClN4O4S. The lowest BCUT2D eigenvalue weighted by molar-refractivity contribution is 0.103. The molecule has 4 rings (SSSR count). The van der Waals surface area contributed by atoms with Crippen molar-refractivity contribution in [2.24, 2.45) is 0 Å². The number of aromatic amines is 2. The number of rotatable bonds is 5. The van der Waals surface area contributed by atoms with E-state index in [1.807, 2.05) is 0 Å². The third-order valence-corrected chi connectivity index (χ3v) is 6.19. The number of aliphatic hydroxyl groups excluding tert-OH is 1. The zero-order valence-corrected chi connectivity index (χ0v) is 16.2. The number of allylic oxidation sites excluding steroid dienone is 1. The molecule has 0 bridgehead atoms. The molecule has 8 nitrogen and oxygen atoms in total. The number of halogens is 1. The Balaban J connectivity index is 1.96. The van der Waals surface area contributed by atoms with Crippen LogP contribution in [0.3, 0.4) is 0 Å². The summed E-state index contributed by atoms with van der Waals surface area (Å²) in [7, 11) is -4.03. The first-order valence-electron chi connectivity index (χ1n) is 8.30. The van der Waals surface area contributed by atoms with Crippen LogP contribution in [0.1, 0.15) is 16.2 Å². The van der Waals surface area contributed by atoms with Crippen LogP contribution in [0.15, 0.2) is 70.9 Å². The zero-order valence-electron chi connectivity index (χ0n) is 14.6. The number of aliphatic hydroxyl groups is 1. The molecule has 2 aromatic carbocycles. The number of nitrogens with one attached hydrogen (secondary N) is 2. The summed E-state index contributed by atoms with van der Waals surface area (Å²) in [5, 5.41) is 17.1. The normalized spacial score (nSPS) is 12.4. The fourth-order valence-corrected chi connectivity index (χ4v) is 4.55. The van der Waals surface area contributed by atoms with Gasteiger partial charge in [0.1, 0.15) is 17.1 Å². The minimum atomic E-state index is -4.03. The molecule has 0 spiro atoms. The second-order valence-electron chi connectivity index (χ2n) is 6.06. The van der Waals surface area contributed by atoms with E-state index < -0.39 is 21.4 Å². The van der Waals surface area contributed by atoms with Gasteiger partial charge in [-0.05, 0) is 30.3 Å². The Morgan fingerprint density at radius 3 is 2.59 bits per heavy atom. The molecule has 29 heavy (non-hydrogen) atoms. The molecular weight excluding hydrogens is 416 g/mol. The fourth-order valence-electron chi connectivity index (χ4n) is 2.90. The molecule has 0 saturated carbocycles. The summed E-state index contributed by atoms with van der Waals surface area (Å²) < 4.78 is 26.4. The molecule has 0 atom stereocenters. The summed E-state index contributed by atoms with van der Waals surface area (Å²) in [5.41, 5.74) is 0.380. The van der Waals surface area contributed by atoms with Crippen LogP contribution in [0, 0.1) is 0 Å². The first-order chi connectivity index (χ1) is 13.9. The molecule has 10 heteroatoms.